The molecule has 2 unspecified atom stereocenters. The lowest BCUT2D eigenvalue weighted by atomic mass is 9.66. The van der Waals surface area contributed by atoms with Gasteiger partial charge in [0.15, 0.2) is 0 Å². The Balaban J connectivity index is 0.000000921. The molecule has 1 rings (SSSR count). The largest absolute Gasteiger partial charge is 0.0683 e. The summed E-state index contributed by atoms with van der Waals surface area (Å²) in [5.74, 6) is 1.87. The summed E-state index contributed by atoms with van der Waals surface area (Å²) in [5, 5.41) is 0. The minimum atomic E-state index is 0.508. The van der Waals surface area contributed by atoms with Crippen LogP contribution in [0.3, 0.4) is 0 Å². The summed E-state index contributed by atoms with van der Waals surface area (Å²) >= 11 is 0. The molecule has 0 saturated heterocycles. The van der Waals surface area contributed by atoms with Crippen molar-refractivity contribution in [2.75, 3.05) is 0 Å². The molecule has 1 fully saturated rings. The van der Waals surface area contributed by atoms with Gasteiger partial charge in [0.25, 0.3) is 0 Å². The minimum Gasteiger partial charge on any atom is -0.0683 e. The monoisotopic (exact) mass is 212 g/mol. The average molecular weight is 212 g/mol. The van der Waals surface area contributed by atoms with E-state index in [1.165, 1.54) is 19.3 Å². The lowest BCUT2D eigenvalue weighted by Gasteiger charge is -2.39. The summed E-state index contributed by atoms with van der Waals surface area (Å²) in [6, 6.07) is 0. The number of rotatable bonds is 0. The maximum absolute atomic E-state index is 2.40. The van der Waals surface area contributed by atoms with Crippen LogP contribution < -0.4 is 0 Å². The van der Waals surface area contributed by atoms with Gasteiger partial charge in [0.1, 0.15) is 0 Å². The highest BCUT2D eigenvalue weighted by Crippen LogP contribution is 2.50. The Labute approximate surface area is 97.8 Å². The lowest BCUT2D eigenvalue weighted by molar-refractivity contribution is 0.0992. The van der Waals surface area contributed by atoms with Crippen LogP contribution in [0.5, 0.6) is 0 Å². The van der Waals surface area contributed by atoms with E-state index in [1.807, 2.05) is 13.8 Å². The third-order valence-corrected chi connectivity index (χ3v) is 3.74. The summed E-state index contributed by atoms with van der Waals surface area (Å²) in [6.07, 6.45) is 4.35. The van der Waals surface area contributed by atoms with Gasteiger partial charge in [-0.25, -0.2) is 0 Å². The first kappa shape index (κ1) is 15.0. The van der Waals surface area contributed by atoms with Crippen LogP contribution in [0.2, 0.25) is 0 Å². The molecule has 1 aliphatic rings. The smallest absolute Gasteiger partial charge is 0.0332 e. The topological polar surface area (TPSA) is 0 Å². The van der Waals surface area contributed by atoms with E-state index in [2.05, 4.69) is 41.5 Å². The third kappa shape index (κ3) is 4.17. The van der Waals surface area contributed by atoms with Crippen molar-refractivity contribution < 1.29 is 0 Å². The van der Waals surface area contributed by atoms with Crippen LogP contribution in [-0.2, 0) is 0 Å². The van der Waals surface area contributed by atoms with Crippen molar-refractivity contribution in [3.8, 4) is 0 Å². The summed E-state index contributed by atoms with van der Waals surface area (Å²) in [6.45, 7) is 18.4. The second-order valence-corrected chi connectivity index (χ2v) is 6.88. The highest BCUT2D eigenvalue weighted by atomic mass is 14.5. The maximum Gasteiger partial charge on any atom is -0.0332 e. The zero-order chi connectivity index (χ0) is 12.3. The molecule has 0 aromatic rings. The van der Waals surface area contributed by atoms with Gasteiger partial charge in [-0.1, -0.05) is 61.8 Å². The zero-order valence-electron chi connectivity index (χ0n) is 12.3. The Kier molecular flexibility index (Phi) is 5.37. The quantitative estimate of drug-likeness (QED) is 0.496. The normalized spacial score (nSPS) is 27.2. The molecule has 0 nitrogen and oxygen atoms in total. The second kappa shape index (κ2) is 5.37. The van der Waals surface area contributed by atoms with Gasteiger partial charge in [-0.05, 0) is 35.5 Å². The molecule has 0 aromatic carbocycles. The molecule has 15 heavy (non-hydrogen) atoms. The standard InChI is InChI=1S/C13H26.C2H6/c1-12(2,3)10-8-7-9-11(10)13(4,5)6;1-2/h10-11H,7-9H2,1-6H3;1-2H3. The van der Waals surface area contributed by atoms with Gasteiger partial charge in [0.2, 0.25) is 0 Å². The third-order valence-electron chi connectivity index (χ3n) is 3.74. The van der Waals surface area contributed by atoms with E-state index in [0.29, 0.717) is 10.8 Å². The fraction of sp³-hybridized carbons (Fsp3) is 1.00. The van der Waals surface area contributed by atoms with Crippen LogP contribution in [0.15, 0.2) is 0 Å². The molecule has 1 saturated carbocycles. The van der Waals surface area contributed by atoms with Gasteiger partial charge in [-0.3, -0.25) is 0 Å². The summed E-state index contributed by atoms with van der Waals surface area (Å²) in [4.78, 5) is 0. The first-order chi connectivity index (χ1) is 6.73. The first-order valence-corrected chi connectivity index (χ1v) is 6.73. The van der Waals surface area contributed by atoms with E-state index in [1.54, 1.807) is 0 Å². The van der Waals surface area contributed by atoms with Crippen molar-refractivity contribution in [3.05, 3.63) is 0 Å². The Morgan fingerprint density at radius 2 is 0.933 bits per heavy atom. The van der Waals surface area contributed by atoms with Crippen LogP contribution in [0.1, 0.15) is 74.7 Å². The van der Waals surface area contributed by atoms with Crippen molar-refractivity contribution in [3.63, 3.8) is 0 Å². The van der Waals surface area contributed by atoms with Crippen molar-refractivity contribution >= 4 is 0 Å². The second-order valence-electron chi connectivity index (χ2n) is 6.88. The number of hydrogen-bond donors (Lipinski definition) is 0. The predicted molar refractivity (Wildman–Crippen MR) is 71.1 cm³/mol. The molecule has 0 heterocycles. The van der Waals surface area contributed by atoms with Crippen LogP contribution in [0.4, 0.5) is 0 Å². The molecule has 0 amide bonds. The molecule has 0 spiro atoms. The Hall–Kier alpha value is 0. The van der Waals surface area contributed by atoms with Crippen molar-refractivity contribution in [2.45, 2.75) is 74.7 Å². The molecule has 0 aliphatic heterocycles. The van der Waals surface area contributed by atoms with Crippen LogP contribution >= 0.6 is 0 Å². The van der Waals surface area contributed by atoms with Crippen molar-refractivity contribution in [2.24, 2.45) is 22.7 Å². The highest BCUT2D eigenvalue weighted by Gasteiger charge is 2.41. The van der Waals surface area contributed by atoms with Gasteiger partial charge in [-0.15, -0.1) is 0 Å². The molecule has 0 aromatic heterocycles. The molecule has 0 N–H and O–H groups in total. The fourth-order valence-corrected chi connectivity index (χ4v) is 3.03. The average Bonchev–Trinajstić information content (AvgIpc) is 2.53. The SMILES string of the molecule is CC.CC(C)(C)C1CCCC1C(C)(C)C. The van der Waals surface area contributed by atoms with Crippen molar-refractivity contribution in [1.82, 2.24) is 0 Å². The van der Waals surface area contributed by atoms with Gasteiger partial charge < -0.3 is 0 Å². The Morgan fingerprint density at radius 3 is 1.13 bits per heavy atom. The molecule has 2 atom stereocenters. The van der Waals surface area contributed by atoms with Crippen LogP contribution in [0, 0.1) is 22.7 Å². The molecule has 0 bridgehead atoms. The number of hydrogen-bond acceptors (Lipinski definition) is 0. The van der Waals surface area contributed by atoms with E-state index in [9.17, 15) is 0 Å². The van der Waals surface area contributed by atoms with Gasteiger partial charge in [-0.2, -0.15) is 0 Å². The summed E-state index contributed by atoms with van der Waals surface area (Å²) < 4.78 is 0. The van der Waals surface area contributed by atoms with E-state index < -0.39 is 0 Å². The first-order valence-electron chi connectivity index (χ1n) is 6.73. The molecule has 0 radical (unpaired) electrons. The maximum atomic E-state index is 2.40. The molecular formula is C15H32. The van der Waals surface area contributed by atoms with Crippen LogP contribution in [-0.4, -0.2) is 0 Å². The molecular weight excluding hydrogens is 180 g/mol. The lowest BCUT2D eigenvalue weighted by Crippen LogP contribution is -2.32. The van der Waals surface area contributed by atoms with E-state index in [4.69, 9.17) is 0 Å². The zero-order valence-corrected chi connectivity index (χ0v) is 12.3. The fourth-order valence-electron chi connectivity index (χ4n) is 3.03. The summed E-state index contributed by atoms with van der Waals surface area (Å²) in [7, 11) is 0. The highest BCUT2D eigenvalue weighted by molar-refractivity contribution is 4.91. The van der Waals surface area contributed by atoms with Gasteiger partial charge in [0.05, 0.1) is 0 Å². The van der Waals surface area contributed by atoms with E-state index in [0.717, 1.165) is 11.8 Å². The molecule has 1 aliphatic carbocycles. The Bertz CT molecular complexity index is 145. The molecule has 0 heteroatoms. The van der Waals surface area contributed by atoms with E-state index in [-0.39, 0.29) is 0 Å². The molecule has 92 valence electrons. The van der Waals surface area contributed by atoms with E-state index >= 15 is 0 Å². The summed E-state index contributed by atoms with van der Waals surface area (Å²) in [5.41, 5.74) is 1.02. The predicted octanol–water partition coefficient (Wildman–Crippen LogP) is 5.52. The van der Waals surface area contributed by atoms with Crippen molar-refractivity contribution in [1.29, 1.82) is 0 Å². The minimum absolute atomic E-state index is 0.508. The van der Waals surface area contributed by atoms with Gasteiger partial charge >= 0.3 is 0 Å². The van der Waals surface area contributed by atoms with Crippen LogP contribution in [0.25, 0.3) is 0 Å². The Morgan fingerprint density at radius 1 is 0.667 bits per heavy atom. The van der Waals surface area contributed by atoms with Gasteiger partial charge in [0, 0.05) is 0 Å².